The van der Waals surface area contributed by atoms with Gasteiger partial charge in [-0.1, -0.05) is 0 Å². The molecule has 2 atom stereocenters. The fourth-order valence-corrected chi connectivity index (χ4v) is 2.42. The number of nitrogens with one attached hydrogen (secondary N) is 1. The number of carbonyl (C=O) groups is 1. The van der Waals surface area contributed by atoms with Crippen LogP contribution in [0, 0.1) is 10.1 Å². The average molecular weight is 279 g/mol. The summed E-state index contributed by atoms with van der Waals surface area (Å²) < 4.78 is 5.24. The van der Waals surface area contributed by atoms with Gasteiger partial charge in [0.1, 0.15) is 5.69 Å². The number of hydrogen-bond acceptors (Lipinski definition) is 5. The summed E-state index contributed by atoms with van der Waals surface area (Å²) >= 11 is 0. The molecule has 2 rings (SSSR count). The number of amides is 1. The number of nitrogens with two attached hydrogens (primary N) is 1. The van der Waals surface area contributed by atoms with Crippen molar-refractivity contribution in [3.63, 3.8) is 0 Å². The second-order valence-electron chi connectivity index (χ2n) is 4.87. The first-order chi connectivity index (χ1) is 9.51. The summed E-state index contributed by atoms with van der Waals surface area (Å²) in [6.07, 6.45) is 2.75. The van der Waals surface area contributed by atoms with E-state index in [0.29, 0.717) is 5.56 Å². The Hall–Kier alpha value is -2.15. The minimum absolute atomic E-state index is 0.0103. The highest BCUT2D eigenvalue weighted by Crippen LogP contribution is 2.24. The second kappa shape index (κ2) is 5.87. The van der Waals surface area contributed by atoms with Crippen LogP contribution in [-0.4, -0.2) is 30.1 Å². The van der Waals surface area contributed by atoms with Crippen molar-refractivity contribution in [2.75, 3.05) is 12.8 Å². The maximum Gasteiger partial charge on any atom is 0.292 e. The number of hydrogen-bond donors (Lipinski definition) is 2. The van der Waals surface area contributed by atoms with Gasteiger partial charge in [0.25, 0.3) is 11.6 Å². The van der Waals surface area contributed by atoms with Crippen LogP contribution in [-0.2, 0) is 4.74 Å². The fourth-order valence-electron chi connectivity index (χ4n) is 2.42. The molecule has 1 aromatic carbocycles. The molecule has 1 fully saturated rings. The van der Waals surface area contributed by atoms with Crippen molar-refractivity contribution >= 4 is 17.3 Å². The lowest BCUT2D eigenvalue weighted by Gasteiger charge is -2.13. The van der Waals surface area contributed by atoms with Crippen molar-refractivity contribution in [2.45, 2.75) is 31.4 Å². The maximum absolute atomic E-state index is 12.1. The van der Waals surface area contributed by atoms with E-state index < -0.39 is 4.92 Å². The number of nitro benzene ring substituents is 1. The molecule has 0 bridgehead atoms. The van der Waals surface area contributed by atoms with Gasteiger partial charge in [0.15, 0.2) is 0 Å². The third-order valence-electron chi connectivity index (χ3n) is 3.54. The molecule has 1 aliphatic rings. The lowest BCUT2D eigenvalue weighted by molar-refractivity contribution is -0.383. The molecule has 0 aliphatic heterocycles. The van der Waals surface area contributed by atoms with Crippen molar-refractivity contribution in [3.8, 4) is 0 Å². The number of nitrogen functional groups attached to an aromatic ring is 1. The maximum atomic E-state index is 12.1. The molecule has 1 aliphatic carbocycles. The molecule has 0 aromatic heterocycles. The summed E-state index contributed by atoms with van der Waals surface area (Å²) in [7, 11) is 1.66. The normalized spacial score (nSPS) is 21.6. The summed E-state index contributed by atoms with van der Waals surface area (Å²) in [5, 5.41) is 13.6. The van der Waals surface area contributed by atoms with Crippen LogP contribution in [0.5, 0.6) is 0 Å². The Balaban J connectivity index is 2.03. The highest BCUT2D eigenvalue weighted by atomic mass is 16.6. The first kappa shape index (κ1) is 14.3. The highest BCUT2D eigenvalue weighted by molar-refractivity contribution is 5.95. The van der Waals surface area contributed by atoms with E-state index in [1.165, 1.54) is 18.2 Å². The third-order valence-corrected chi connectivity index (χ3v) is 3.54. The largest absolute Gasteiger partial charge is 0.393 e. The Morgan fingerprint density at radius 2 is 2.25 bits per heavy atom. The van der Waals surface area contributed by atoms with E-state index in [2.05, 4.69) is 5.32 Å². The van der Waals surface area contributed by atoms with Crippen LogP contribution in [0.3, 0.4) is 0 Å². The van der Waals surface area contributed by atoms with E-state index in [-0.39, 0.29) is 29.4 Å². The lowest BCUT2D eigenvalue weighted by Crippen LogP contribution is -2.33. The van der Waals surface area contributed by atoms with Crippen LogP contribution in [0.15, 0.2) is 18.2 Å². The third kappa shape index (κ3) is 3.05. The number of nitro groups is 1. The first-order valence-corrected chi connectivity index (χ1v) is 6.39. The SMILES string of the molecule is COC1CCC(NC(=O)c2ccc([N+](=O)[O-])c(N)c2)C1. The number of methoxy groups -OCH3 is 1. The molecule has 7 nitrogen and oxygen atoms in total. The Labute approximate surface area is 116 Å². The van der Waals surface area contributed by atoms with E-state index in [0.717, 1.165) is 19.3 Å². The molecule has 3 N–H and O–H groups in total. The van der Waals surface area contributed by atoms with Crippen molar-refractivity contribution in [1.29, 1.82) is 0 Å². The smallest absolute Gasteiger partial charge is 0.292 e. The van der Waals surface area contributed by atoms with Crippen LogP contribution in [0.25, 0.3) is 0 Å². The Morgan fingerprint density at radius 1 is 1.50 bits per heavy atom. The van der Waals surface area contributed by atoms with Crippen molar-refractivity contribution in [3.05, 3.63) is 33.9 Å². The molecule has 0 saturated heterocycles. The molecule has 0 heterocycles. The molecule has 7 heteroatoms. The number of carbonyl (C=O) groups excluding carboxylic acids is 1. The minimum Gasteiger partial charge on any atom is -0.393 e. The van der Waals surface area contributed by atoms with Crippen molar-refractivity contribution < 1.29 is 14.5 Å². The predicted octanol–water partition coefficient (Wildman–Crippen LogP) is 1.47. The second-order valence-corrected chi connectivity index (χ2v) is 4.87. The van der Waals surface area contributed by atoms with Crippen LogP contribution in [0.1, 0.15) is 29.6 Å². The van der Waals surface area contributed by atoms with Crippen LogP contribution in [0.2, 0.25) is 0 Å². The molecule has 1 aromatic rings. The Bertz CT molecular complexity index is 532. The Kier molecular flexibility index (Phi) is 4.19. The van der Waals surface area contributed by atoms with Crippen molar-refractivity contribution in [2.24, 2.45) is 0 Å². The number of rotatable bonds is 4. The van der Waals surface area contributed by atoms with Crippen molar-refractivity contribution in [1.82, 2.24) is 5.32 Å². The van der Waals surface area contributed by atoms with Gasteiger partial charge in [-0.3, -0.25) is 14.9 Å². The zero-order chi connectivity index (χ0) is 14.7. The van der Waals surface area contributed by atoms with E-state index in [1.54, 1.807) is 7.11 Å². The van der Waals surface area contributed by atoms with Gasteiger partial charge in [-0.15, -0.1) is 0 Å². The van der Waals surface area contributed by atoms with Gasteiger partial charge in [0.05, 0.1) is 11.0 Å². The summed E-state index contributed by atoms with van der Waals surface area (Å²) in [5.41, 5.74) is 5.69. The van der Waals surface area contributed by atoms with Gasteiger partial charge in [0.2, 0.25) is 0 Å². The van der Waals surface area contributed by atoms with Gasteiger partial charge in [0, 0.05) is 24.8 Å². The lowest BCUT2D eigenvalue weighted by atomic mass is 10.1. The van der Waals surface area contributed by atoms with Gasteiger partial charge in [-0.05, 0) is 31.4 Å². The molecule has 108 valence electrons. The summed E-state index contributed by atoms with van der Waals surface area (Å²) in [6, 6.07) is 4.06. The number of anilines is 1. The molecule has 1 amide bonds. The molecule has 2 unspecified atom stereocenters. The zero-order valence-electron chi connectivity index (χ0n) is 11.2. The molecule has 0 radical (unpaired) electrons. The number of nitrogens with zero attached hydrogens (tertiary/aromatic N) is 1. The van der Waals surface area contributed by atoms with Crippen LogP contribution >= 0.6 is 0 Å². The summed E-state index contributed by atoms with van der Waals surface area (Å²) in [5.74, 6) is -0.270. The molecule has 20 heavy (non-hydrogen) atoms. The van der Waals surface area contributed by atoms with Crippen LogP contribution in [0.4, 0.5) is 11.4 Å². The number of benzene rings is 1. The first-order valence-electron chi connectivity index (χ1n) is 6.39. The van der Waals surface area contributed by atoms with Gasteiger partial charge in [-0.25, -0.2) is 0 Å². The molecule has 0 spiro atoms. The quantitative estimate of drug-likeness (QED) is 0.493. The monoisotopic (exact) mass is 279 g/mol. The van der Waals surface area contributed by atoms with E-state index in [9.17, 15) is 14.9 Å². The standard InChI is InChI=1S/C13H17N3O4/c1-20-10-4-3-9(7-10)15-13(17)8-2-5-12(16(18)19)11(14)6-8/h2,5-6,9-10H,3-4,7,14H2,1H3,(H,15,17). The molecule has 1 saturated carbocycles. The summed E-state index contributed by atoms with van der Waals surface area (Å²) in [6.45, 7) is 0. The van der Waals surface area contributed by atoms with Crippen LogP contribution < -0.4 is 11.1 Å². The molecular formula is C13H17N3O4. The highest BCUT2D eigenvalue weighted by Gasteiger charge is 2.26. The average Bonchev–Trinajstić information content (AvgIpc) is 2.85. The van der Waals surface area contributed by atoms with E-state index in [1.807, 2.05) is 0 Å². The van der Waals surface area contributed by atoms with Gasteiger partial charge >= 0.3 is 0 Å². The van der Waals surface area contributed by atoms with E-state index >= 15 is 0 Å². The van der Waals surface area contributed by atoms with Gasteiger partial charge in [-0.2, -0.15) is 0 Å². The number of ether oxygens (including phenoxy) is 1. The van der Waals surface area contributed by atoms with E-state index in [4.69, 9.17) is 10.5 Å². The van der Waals surface area contributed by atoms with Gasteiger partial charge < -0.3 is 15.8 Å². The fraction of sp³-hybridized carbons (Fsp3) is 0.462. The minimum atomic E-state index is -0.572. The molecular weight excluding hydrogens is 262 g/mol. The summed E-state index contributed by atoms with van der Waals surface area (Å²) in [4.78, 5) is 22.1. The predicted molar refractivity (Wildman–Crippen MR) is 73.4 cm³/mol. The topological polar surface area (TPSA) is 107 Å². The zero-order valence-corrected chi connectivity index (χ0v) is 11.2. The Morgan fingerprint density at radius 3 is 2.80 bits per heavy atom.